The molecular weight excluding hydrogens is 154 g/mol. The molecular formula is C9H21NO2. The van der Waals surface area contributed by atoms with Crippen LogP contribution in [-0.4, -0.2) is 39.5 Å². The molecule has 0 amide bonds. The van der Waals surface area contributed by atoms with E-state index < -0.39 is 0 Å². The molecule has 0 aromatic carbocycles. The number of hydrogen-bond donors (Lipinski definition) is 1. The Morgan fingerprint density at radius 2 is 2.08 bits per heavy atom. The van der Waals surface area contributed by atoms with Gasteiger partial charge in [0.2, 0.25) is 0 Å². The number of nitrogens with one attached hydrogen (secondary N) is 1. The maximum Gasteiger partial charge on any atom is 0.0776 e. The van der Waals surface area contributed by atoms with Gasteiger partial charge in [-0.05, 0) is 19.9 Å². The summed E-state index contributed by atoms with van der Waals surface area (Å²) in [7, 11) is 1.70. The van der Waals surface area contributed by atoms with Crippen LogP contribution in [0, 0.1) is 0 Å². The smallest absolute Gasteiger partial charge is 0.0776 e. The molecule has 74 valence electrons. The first-order valence-electron chi connectivity index (χ1n) is 4.62. The number of ether oxygens (including phenoxy) is 2. The highest BCUT2D eigenvalue weighted by Gasteiger charge is 1.97. The van der Waals surface area contributed by atoms with Crippen LogP contribution in [0.5, 0.6) is 0 Å². The normalized spacial score (nSPS) is 13.2. The van der Waals surface area contributed by atoms with Crippen LogP contribution in [0.1, 0.15) is 20.3 Å². The van der Waals surface area contributed by atoms with Gasteiger partial charge in [-0.2, -0.15) is 0 Å². The van der Waals surface area contributed by atoms with E-state index in [4.69, 9.17) is 9.47 Å². The molecule has 3 nitrogen and oxygen atoms in total. The second-order valence-corrected chi connectivity index (χ2v) is 2.87. The Kier molecular flexibility index (Phi) is 8.88. The Morgan fingerprint density at radius 3 is 2.67 bits per heavy atom. The zero-order valence-corrected chi connectivity index (χ0v) is 8.43. The van der Waals surface area contributed by atoms with Gasteiger partial charge in [0, 0.05) is 13.7 Å². The van der Waals surface area contributed by atoms with Gasteiger partial charge < -0.3 is 14.8 Å². The van der Waals surface area contributed by atoms with Crippen LogP contribution in [0.15, 0.2) is 0 Å². The SMILES string of the molecule is CCCNCCOCC(C)OC. The standard InChI is InChI=1S/C9H21NO2/c1-4-5-10-6-7-12-8-9(2)11-3/h9-10H,4-8H2,1-3H3. The lowest BCUT2D eigenvalue weighted by Crippen LogP contribution is -2.23. The Morgan fingerprint density at radius 1 is 1.33 bits per heavy atom. The van der Waals surface area contributed by atoms with Crippen molar-refractivity contribution in [3.8, 4) is 0 Å². The third-order valence-electron chi connectivity index (χ3n) is 1.60. The number of hydrogen-bond acceptors (Lipinski definition) is 3. The average Bonchev–Trinajstić information content (AvgIpc) is 2.10. The summed E-state index contributed by atoms with van der Waals surface area (Å²) >= 11 is 0. The molecule has 0 fully saturated rings. The molecule has 3 heteroatoms. The van der Waals surface area contributed by atoms with Crippen molar-refractivity contribution in [2.75, 3.05) is 33.4 Å². The third-order valence-corrected chi connectivity index (χ3v) is 1.60. The van der Waals surface area contributed by atoms with E-state index >= 15 is 0 Å². The largest absolute Gasteiger partial charge is 0.379 e. The lowest BCUT2D eigenvalue weighted by atomic mass is 10.4. The van der Waals surface area contributed by atoms with Crippen molar-refractivity contribution < 1.29 is 9.47 Å². The molecule has 0 spiro atoms. The summed E-state index contributed by atoms with van der Waals surface area (Å²) in [4.78, 5) is 0. The fraction of sp³-hybridized carbons (Fsp3) is 1.00. The predicted molar refractivity (Wildman–Crippen MR) is 50.5 cm³/mol. The Balaban J connectivity index is 2.90. The second-order valence-electron chi connectivity index (χ2n) is 2.87. The molecule has 0 bridgehead atoms. The summed E-state index contributed by atoms with van der Waals surface area (Å²) in [5, 5.41) is 3.26. The van der Waals surface area contributed by atoms with Crippen LogP contribution in [0.3, 0.4) is 0 Å². The first-order valence-corrected chi connectivity index (χ1v) is 4.62. The Bertz CT molecular complexity index is 88.6. The lowest BCUT2D eigenvalue weighted by molar-refractivity contribution is 0.0197. The highest BCUT2D eigenvalue weighted by Crippen LogP contribution is 1.87. The van der Waals surface area contributed by atoms with Gasteiger partial charge in [0.25, 0.3) is 0 Å². The summed E-state index contributed by atoms with van der Waals surface area (Å²) < 4.78 is 10.4. The average molecular weight is 175 g/mol. The Labute approximate surface area is 75.4 Å². The zero-order valence-electron chi connectivity index (χ0n) is 8.43. The molecule has 12 heavy (non-hydrogen) atoms. The van der Waals surface area contributed by atoms with Crippen molar-refractivity contribution in [1.29, 1.82) is 0 Å². The van der Waals surface area contributed by atoms with Gasteiger partial charge in [0.15, 0.2) is 0 Å². The molecule has 0 radical (unpaired) electrons. The van der Waals surface area contributed by atoms with Crippen molar-refractivity contribution in [3.63, 3.8) is 0 Å². The minimum absolute atomic E-state index is 0.205. The van der Waals surface area contributed by atoms with Gasteiger partial charge in [-0.3, -0.25) is 0 Å². The number of methoxy groups -OCH3 is 1. The summed E-state index contributed by atoms with van der Waals surface area (Å²) in [6.45, 7) is 7.62. The van der Waals surface area contributed by atoms with Crippen LogP contribution < -0.4 is 5.32 Å². The van der Waals surface area contributed by atoms with Gasteiger partial charge in [-0.15, -0.1) is 0 Å². The van der Waals surface area contributed by atoms with Gasteiger partial charge >= 0.3 is 0 Å². The van der Waals surface area contributed by atoms with Crippen molar-refractivity contribution in [2.24, 2.45) is 0 Å². The molecule has 0 aliphatic heterocycles. The Hall–Kier alpha value is -0.120. The number of rotatable bonds is 8. The van der Waals surface area contributed by atoms with Crippen LogP contribution in [0.25, 0.3) is 0 Å². The minimum atomic E-state index is 0.205. The third kappa shape index (κ3) is 7.98. The maximum absolute atomic E-state index is 5.35. The van der Waals surface area contributed by atoms with E-state index in [1.54, 1.807) is 7.11 Å². The monoisotopic (exact) mass is 175 g/mol. The van der Waals surface area contributed by atoms with E-state index in [0.29, 0.717) is 6.61 Å². The summed E-state index contributed by atoms with van der Waals surface area (Å²) in [6, 6.07) is 0. The van der Waals surface area contributed by atoms with Crippen LogP contribution >= 0.6 is 0 Å². The van der Waals surface area contributed by atoms with E-state index in [2.05, 4.69) is 12.2 Å². The van der Waals surface area contributed by atoms with Gasteiger partial charge in [0.05, 0.1) is 19.3 Å². The van der Waals surface area contributed by atoms with Crippen molar-refractivity contribution in [3.05, 3.63) is 0 Å². The molecule has 0 aliphatic carbocycles. The van der Waals surface area contributed by atoms with Crippen LogP contribution in [-0.2, 0) is 9.47 Å². The topological polar surface area (TPSA) is 30.5 Å². The molecule has 0 aliphatic rings. The van der Waals surface area contributed by atoms with E-state index in [1.165, 1.54) is 6.42 Å². The van der Waals surface area contributed by atoms with Gasteiger partial charge in [-0.25, -0.2) is 0 Å². The van der Waals surface area contributed by atoms with Crippen LogP contribution in [0.4, 0.5) is 0 Å². The minimum Gasteiger partial charge on any atom is -0.379 e. The zero-order chi connectivity index (χ0) is 9.23. The molecule has 0 aromatic heterocycles. The first-order chi connectivity index (χ1) is 5.81. The van der Waals surface area contributed by atoms with E-state index in [9.17, 15) is 0 Å². The molecule has 0 saturated heterocycles. The van der Waals surface area contributed by atoms with Gasteiger partial charge in [0.1, 0.15) is 0 Å². The van der Waals surface area contributed by atoms with Crippen LogP contribution in [0.2, 0.25) is 0 Å². The molecule has 0 rings (SSSR count). The lowest BCUT2D eigenvalue weighted by Gasteiger charge is -2.09. The molecule has 1 unspecified atom stereocenters. The van der Waals surface area contributed by atoms with Crippen molar-refractivity contribution >= 4 is 0 Å². The highest BCUT2D eigenvalue weighted by molar-refractivity contribution is 4.47. The summed E-state index contributed by atoms with van der Waals surface area (Å²) in [5.41, 5.74) is 0. The summed E-state index contributed by atoms with van der Waals surface area (Å²) in [5.74, 6) is 0. The molecule has 0 heterocycles. The van der Waals surface area contributed by atoms with Crippen molar-refractivity contribution in [2.45, 2.75) is 26.4 Å². The molecule has 1 atom stereocenters. The van der Waals surface area contributed by atoms with E-state index in [-0.39, 0.29) is 6.10 Å². The van der Waals surface area contributed by atoms with Gasteiger partial charge in [-0.1, -0.05) is 6.92 Å². The molecule has 0 aromatic rings. The molecule has 0 saturated carbocycles. The van der Waals surface area contributed by atoms with E-state index in [1.807, 2.05) is 6.92 Å². The second kappa shape index (κ2) is 8.97. The summed E-state index contributed by atoms with van der Waals surface area (Å²) in [6.07, 6.45) is 1.38. The maximum atomic E-state index is 5.35. The van der Waals surface area contributed by atoms with Crippen molar-refractivity contribution in [1.82, 2.24) is 5.32 Å². The predicted octanol–water partition coefficient (Wildman–Crippen LogP) is 1.04. The first kappa shape index (κ1) is 11.9. The fourth-order valence-electron chi connectivity index (χ4n) is 0.763. The van der Waals surface area contributed by atoms with E-state index in [0.717, 1.165) is 19.7 Å². The fourth-order valence-corrected chi connectivity index (χ4v) is 0.763. The molecule has 1 N–H and O–H groups in total. The highest BCUT2D eigenvalue weighted by atomic mass is 16.5. The quantitative estimate of drug-likeness (QED) is 0.559.